The average Bonchev–Trinajstić information content (AvgIpc) is 2.33. The SMILES string of the molecule is O=S(=O)(Nc1cc(Cl)ccc1O)c1cccc(F)c1. The Morgan fingerprint density at radius 1 is 1.16 bits per heavy atom. The van der Waals surface area contributed by atoms with Crippen molar-refractivity contribution in [2.75, 3.05) is 4.72 Å². The Bertz CT molecular complexity index is 719. The van der Waals surface area contributed by atoms with Crippen molar-refractivity contribution in [3.05, 3.63) is 53.3 Å². The van der Waals surface area contributed by atoms with E-state index < -0.39 is 15.8 Å². The van der Waals surface area contributed by atoms with E-state index in [1.54, 1.807) is 0 Å². The minimum Gasteiger partial charge on any atom is -0.506 e. The smallest absolute Gasteiger partial charge is 0.262 e. The molecular weight excluding hydrogens is 293 g/mol. The van der Waals surface area contributed by atoms with E-state index in [0.29, 0.717) is 0 Å². The second kappa shape index (κ2) is 5.07. The van der Waals surface area contributed by atoms with Gasteiger partial charge in [0.1, 0.15) is 11.6 Å². The molecule has 0 aliphatic carbocycles. The molecule has 0 atom stereocenters. The maximum atomic E-state index is 13.0. The van der Waals surface area contributed by atoms with E-state index in [1.807, 2.05) is 0 Å². The second-order valence-electron chi connectivity index (χ2n) is 3.72. The van der Waals surface area contributed by atoms with Gasteiger partial charge in [0.15, 0.2) is 0 Å². The summed E-state index contributed by atoms with van der Waals surface area (Å²) in [6.07, 6.45) is 0. The van der Waals surface area contributed by atoms with Crippen molar-refractivity contribution in [3.8, 4) is 5.75 Å². The minimum atomic E-state index is -3.98. The van der Waals surface area contributed by atoms with E-state index in [2.05, 4.69) is 4.72 Å². The van der Waals surface area contributed by atoms with Gasteiger partial charge in [-0.3, -0.25) is 4.72 Å². The number of halogens is 2. The Labute approximate surface area is 114 Å². The van der Waals surface area contributed by atoms with Crippen LogP contribution in [0.15, 0.2) is 47.4 Å². The highest BCUT2D eigenvalue weighted by Gasteiger charge is 2.16. The van der Waals surface area contributed by atoms with Crippen molar-refractivity contribution in [1.82, 2.24) is 0 Å². The average molecular weight is 302 g/mol. The third kappa shape index (κ3) is 3.15. The van der Waals surface area contributed by atoms with Gasteiger partial charge in [-0.05, 0) is 36.4 Å². The number of benzene rings is 2. The molecule has 2 aromatic rings. The van der Waals surface area contributed by atoms with Gasteiger partial charge in [0, 0.05) is 5.02 Å². The summed E-state index contributed by atoms with van der Waals surface area (Å²) in [7, 11) is -3.98. The standard InChI is InChI=1S/C12H9ClFNO3S/c13-8-4-5-12(16)11(6-8)15-19(17,18)10-3-1-2-9(14)7-10/h1-7,15-16H. The van der Waals surface area contributed by atoms with E-state index >= 15 is 0 Å². The van der Waals surface area contributed by atoms with Crippen molar-refractivity contribution in [1.29, 1.82) is 0 Å². The monoisotopic (exact) mass is 301 g/mol. The van der Waals surface area contributed by atoms with Crippen molar-refractivity contribution >= 4 is 27.3 Å². The number of anilines is 1. The molecule has 0 heterocycles. The Morgan fingerprint density at radius 2 is 1.89 bits per heavy atom. The molecule has 2 rings (SSSR count). The van der Waals surface area contributed by atoms with Crippen LogP contribution in [0.1, 0.15) is 0 Å². The summed E-state index contributed by atoms with van der Waals surface area (Å²) in [6.45, 7) is 0. The molecular formula is C12H9ClFNO3S. The lowest BCUT2D eigenvalue weighted by Crippen LogP contribution is -2.13. The lowest BCUT2D eigenvalue weighted by atomic mass is 10.3. The minimum absolute atomic E-state index is 0.0724. The molecule has 100 valence electrons. The number of aromatic hydroxyl groups is 1. The number of rotatable bonds is 3. The first-order valence-corrected chi connectivity index (χ1v) is 7.01. The van der Waals surface area contributed by atoms with Gasteiger partial charge in [0.05, 0.1) is 10.6 Å². The molecule has 0 saturated carbocycles. The van der Waals surface area contributed by atoms with Crippen LogP contribution in [0, 0.1) is 5.82 Å². The fourth-order valence-corrected chi connectivity index (χ4v) is 2.70. The van der Waals surface area contributed by atoms with Crippen molar-refractivity contribution in [3.63, 3.8) is 0 Å². The van der Waals surface area contributed by atoms with E-state index in [-0.39, 0.29) is 21.4 Å². The Kier molecular flexibility index (Phi) is 3.64. The zero-order valence-electron chi connectivity index (χ0n) is 9.47. The van der Waals surface area contributed by atoms with Crippen LogP contribution in [0.4, 0.5) is 10.1 Å². The highest BCUT2D eigenvalue weighted by Crippen LogP contribution is 2.28. The summed E-state index contributed by atoms with van der Waals surface area (Å²) in [5.74, 6) is -0.942. The van der Waals surface area contributed by atoms with Crippen molar-refractivity contribution < 1.29 is 17.9 Å². The molecule has 0 aliphatic rings. The summed E-state index contributed by atoms with van der Waals surface area (Å²) in [5.41, 5.74) is -0.0724. The first kappa shape index (κ1) is 13.6. The van der Waals surface area contributed by atoms with Crippen LogP contribution in [-0.4, -0.2) is 13.5 Å². The van der Waals surface area contributed by atoms with Crippen LogP contribution in [0.3, 0.4) is 0 Å². The van der Waals surface area contributed by atoms with Crippen LogP contribution in [0.5, 0.6) is 5.75 Å². The second-order valence-corrected chi connectivity index (χ2v) is 5.84. The van der Waals surface area contributed by atoms with Crippen molar-refractivity contribution in [2.45, 2.75) is 4.90 Å². The van der Waals surface area contributed by atoms with Gasteiger partial charge >= 0.3 is 0 Å². The third-order valence-electron chi connectivity index (χ3n) is 2.31. The molecule has 4 nitrogen and oxygen atoms in total. The number of nitrogens with one attached hydrogen (secondary N) is 1. The number of phenolic OH excluding ortho intramolecular Hbond substituents is 1. The van der Waals surface area contributed by atoms with E-state index in [0.717, 1.165) is 12.1 Å². The fourth-order valence-electron chi connectivity index (χ4n) is 1.43. The number of hydrogen-bond donors (Lipinski definition) is 2. The summed E-state index contributed by atoms with van der Waals surface area (Å²) in [5, 5.41) is 9.80. The zero-order chi connectivity index (χ0) is 14.0. The quantitative estimate of drug-likeness (QED) is 0.857. The van der Waals surface area contributed by atoms with Crippen LogP contribution in [-0.2, 0) is 10.0 Å². The largest absolute Gasteiger partial charge is 0.506 e. The topological polar surface area (TPSA) is 66.4 Å². The number of hydrogen-bond acceptors (Lipinski definition) is 3. The first-order valence-electron chi connectivity index (χ1n) is 5.15. The van der Waals surface area contributed by atoms with Crippen molar-refractivity contribution in [2.24, 2.45) is 0 Å². The van der Waals surface area contributed by atoms with Gasteiger partial charge in [-0.2, -0.15) is 0 Å². The van der Waals surface area contributed by atoms with Gasteiger partial charge in [-0.25, -0.2) is 12.8 Å². The van der Waals surface area contributed by atoms with E-state index in [1.165, 1.54) is 30.3 Å². The Hall–Kier alpha value is -1.79. The molecule has 19 heavy (non-hydrogen) atoms. The summed E-state index contributed by atoms with van der Waals surface area (Å²) >= 11 is 5.71. The predicted molar refractivity (Wildman–Crippen MR) is 70.3 cm³/mol. The molecule has 0 unspecified atom stereocenters. The normalized spacial score (nSPS) is 11.3. The lowest BCUT2D eigenvalue weighted by Gasteiger charge is -2.10. The molecule has 0 radical (unpaired) electrons. The third-order valence-corrected chi connectivity index (χ3v) is 3.91. The lowest BCUT2D eigenvalue weighted by molar-refractivity contribution is 0.477. The van der Waals surface area contributed by atoms with Gasteiger partial charge in [0.2, 0.25) is 0 Å². The highest BCUT2D eigenvalue weighted by molar-refractivity contribution is 7.92. The molecule has 2 aromatic carbocycles. The van der Waals surface area contributed by atoms with Gasteiger partial charge in [-0.15, -0.1) is 0 Å². The fraction of sp³-hybridized carbons (Fsp3) is 0. The van der Waals surface area contributed by atoms with E-state index in [9.17, 15) is 17.9 Å². The molecule has 7 heteroatoms. The Balaban J connectivity index is 2.39. The van der Waals surface area contributed by atoms with E-state index in [4.69, 9.17) is 11.6 Å². The van der Waals surface area contributed by atoms with Gasteiger partial charge in [0.25, 0.3) is 10.0 Å². The van der Waals surface area contributed by atoms with Gasteiger partial charge in [-0.1, -0.05) is 17.7 Å². The number of sulfonamides is 1. The highest BCUT2D eigenvalue weighted by atomic mass is 35.5. The van der Waals surface area contributed by atoms with Crippen LogP contribution >= 0.6 is 11.6 Å². The van der Waals surface area contributed by atoms with Crippen LogP contribution in [0.2, 0.25) is 5.02 Å². The molecule has 0 aliphatic heterocycles. The summed E-state index contributed by atoms with van der Waals surface area (Å²) in [6, 6.07) is 8.46. The predicted octanol–water partition coefficient (Wildman–Crippen LogP) is 2.99. The molecule has 0 aromatic heterocycles. The molecule has 0 bridgehead atoms. The summed E-state index contributed by atoms with van der Waals surface area (Å²) < 4.78 is 39.1. The maximum Gasteiger partial charge on any atom is 0.262 e. The first-order chi connectivity index (χ1) is 8.88. The molecule has 0 saturated heterocycles. The maximum absolute atomic E-state index is 13.0. The molecule has 0 fully saturated rings. The Morgan fingerprint density at radius 3 is 2.58 bits per heavy atom. The number of phenols is 1. The van der Waals surface area contributed by atoms with Crippen LogP contribution in [0.25, 0.3) is 0 Å². The zero-order valence-corrected chi connectivity index (χ0v) is 11.0. The molecule has 2 N–H and O–H groups in total. The summed E-state index contributed by atoms with van der Waals surface area (Å²) in [4.78, 5) is -0.244. The van der Waals surface area contributed by atoms with Crippen LogP contribution < -0.4 is 4.72 Å². The molecule has 0 spiro atoms. The molecule has 0 amide bonds. The van der Waals surface area contributed by atoms with Gasteiger partial charge < -0.3 is 5.11 Å².